The van der Waals surface area contributed by atoms with Crippen LogP contribution >= 0.6 is 0 Å². The van der Waals surface area contributed by atoms with Gasteiger partial charge in [0.05, 0.1) is 11.3 Å². The largest absolute Gasteiger partial charge is 0.481 e. The van der Waals surface area contributed by atoms with Gasteiger partial charge in [0.25, 0.3) is 0 Å². The quantitative estimate of drug-likeness (QED) is 0.706. The van der Waals surface area contributed by atoms with E-state index in [9.17, 15) is 26.4 Å². The Morgan fingerprint density at radius 2 is 1.76 bits per heavy atom. The van der Waals surface area contributed by atoms with E-state index in [2.05, 4.69) is 0 Å². The zero-order chi connectivity index (χ0) is 16.3. The smallest absolute Gasteiger partial charge is 0.415 e. The molecule has 0 aliphatic rings. The first kappa shape index (κ1) is 17.4. The van der Waals surface area contributed by atoms with Gasteiger partial charge in [-0.3, -0.25) is 4.79 Å². The van der Waals surface area contributed by atoms with E-state index < -0.39 is 34.8 Å². The van der Waals surface area contributed by atoms with Gasteiger partial charge in [0.1, 0.15) is 0 Å². The number of aliphatic carboxylic acids is 1. The summed E-state index contributed by atoms with van der Waals surface area (Å²) in [7, 11) is -4.22. The highest BCUT2D eigenvalue weighted by Crippen LogP contribution is 2.20. The monoisotopic (exact) mass is 327 g/mol. The van der Waals surface area contributed by atoms with E-state index in [4.69, 9.17) is 10.2 Å². The van der Waals surface area contributed by atoms with Crippen LogP contribution in [0.25, 0.3) is 0 Å². The normalized spacial score (nSPS) is 13.9. The molecule has 6 nitrogen and oxygen atoms in total. The summed E-state index contributed by atoms with van der Waals surface area (Å²) in [5, 5.41) is 17.3. The van der Waals surface area contributed by atoms with Gasteiger partial charge in [0.2, 0.25) is 10.0 Å². The van der Waals surface area contributed by atoms with Gasteiger partial charge in [-0.15, -0.1) is 0 Å². The van der Waals surface area contributed by atoms with Crippen LogP contribution in [-0.2, 0) is 21.2 Å². The Hall–Kier alpha value is -1.65. The van der Waals surface area contributed by atoms with E-state index in [1.165, 1.54) is 12.1 Å². The van der Waals surface area contributed by atoms with Gasteiger partial charge in [0, 0.05) is 6.54 Å². The molecule has 0 spiro atoms. The molecule has 1 aromatic carbocycles. The number of benzene rings is 1. The maximum absolute atomic E-state index is 12.1. The third-order valence-corrected chi connectivity index (χ3v) is 3.87. The molecule has 0 heterocycles. The number of carboxylic acid groups (broad SMARTS) is 1. The summed E-state index contributed by atoms with van der Waals surface area (Å²) in [5.74, 6) is -1.10. The van der Waals surface area contributed by atoms with Crippen LogP contribution in [0.3, 0.4) is 0 Å². The average molecular weight is 327 g/mol. The van der Waals surface area contributed by atoms with E-state index in [1.54, 1.807) is 4.72 Å². The Labute approximate surface area is 118 Å². The highest BCUT2D eigenvalue weighted by atomic mass is 32.2. The predicted molar refractivity (Wildman–Crippen MR) is 65.0 cm³/mol. The molecule has 1 rings (SSSR count). The molecule has 0 fully saturated rings. The standard InChI is InChI=1S/C11H12F3NO5S/c12-11(13,14)9(16)6-15-21(19,20)8-3-1-7(2-4-8)5-10(17)18/h1-4,9,15-16H,5-6H2,(H,17,18). The minimum Gasteiger partial charge on any atom is -0.481 e. The van der Waals surface area contributed by atoms with Gasteiger partial charge in [-0.1, -0.05) is 12.1 Å². The zero-order valence-electron chi connectivity index (χ0n) is 10.5. The lowest BCUT2D eigenvalue weighted by molar-refractivity contribution is -0.200. The van der Waals surface area contributed by atoms with E-state index in [1.807, 2.05) is 0 Å². The summed E-state index contributed by atoms with van der Waals surface area (Å²) in [6.45, 7) is -1.21. The Balaban J connectivity index is 2.77. The van der Waals surface area contributed by atoms with Crippen molar-refractivity contribution in [3.63, 3.8) is 0 Å². The minimum absolute atomic E-state index is 0.305. The summed E-state index contributed by atoms with van der Waals surface area (Å²) in [6, 6.07) is 4.62. The molecule has 0 bridgehead atoms. The summed E-state index contributed by atoms with van der Waals surface area (Å²) < 4.78 is 61.2. The molecule has 1 unspecified atom stereocenters. The molecule has 0 amide bonds. The molecule has 0 saturated carbocycles. The van der Waals surface area contributed by atoms with Gasteiger partial charge < -0.3 is 10.2 Å². The van der Waals surface area contributed by atoms with Crippen molar-refractivity contribution in [2.45, 2.75) is 23.6 Å². The van der Waals surface area contributed by atoms with Crippen LogP contribution in [0.15, 0.2) is 29.2 Å². The van der Waals surface area contributed by atoms with Gasteiger partial charge in [-0.25, -0.2) is 13.1 Å². The van der Waals surface area contributed by atoms with Crippen LogP contribution in [0.5, 0.6) is 0 Å². The van der Waals surface area contributed by atoms with Gasteiger partial charge in [-0.05, 0) is 17.7 Å². The highest BCUT2D eigenvalue weighted by Gasteiger charge is 2.38. The van der Waals surface area contributed by atoms with Crippen LogP contribution in [0, 0.1) is 0 Å². The molecule has 1 atom stereocenters. The first-order valence-corrected chi connectivity index (χ1v) is 7.06. The lowest BCUT2D eigenvalue weighted by atomic mass is 10.2. The number of aliphatic hydroxyl groups excluding tert-OH is 1. The number of hydrogen-bond acceptors (Lipinski definition) is 4. The molecule has 0 aliphatic heterocycles. The number of carbonyl (C=O) groups is 1. The summed E-state index contributed by atoms with van der Waals surface area (Å²) in [6.07, 6.45) is -8.03. The molecule has 1 aromatic rings. The number of sulfonamides is 1. The number of carboxylic acids is 1. The Morgan fingerprint density at radius 3 is 2.19 bits per heavy atom. The second-order valence-corrected chi connectivity index (χ2v) is 5.89. The number of alkyl halides is 3. The van der Waals surface area contributed by atoms with E-state index in [-0.39, 0.29) is 11.3 Å². The number of rotatable bonds is 6. The van der Waals surface area contributed by atoms with Crippen LogP contribution < -0.4 is 4.72 Å². The molecule has 0 saturated heterocycles. The fourth-order valence-electron chi connectivity index (χ4n) is 1.35. The Morgan fingerprint density at radius 1 is 1.24 bits per heavy atom. The summed E-state index contributed by atoms with van der Waals surface area (Å²) >= 11 is 0. The Kier molecular flexibility index (Phi) is 5.31. The zero-order valence-corrected chi connectivity index (χ0v) is 11.3. The molecule has 0 aliphatic carbocycles. The van der Waals surface area contributed by atoms with Crippen molar-refractivity contribution in [2.75, 3.05) is 6.54 Å². The van der Waals surface area contributed by atoms with E-state index >= 15 is 0 Å². The Bertz CT molecular complexity index is 597. The maximum Gasteiger partial charge on any atom is 0.415 e. The fraction of sp³-hybridized carbons (Fsp3) is 0.364. The molecule has 0 aromatic heterocycles. The van der Waals surface area contributed by atoms with Gasteiger partial charge >= 0.3 is 12.1 Å². The summed E-state index contributed by atoms with van der Waals surface area (Å²) in [5.41, 5.74) is 0.344. The van der Waals surface area contributed by atoms with Gasteiger partial charge in [-0.2, -0.15) is 13.2 Å². The van der Waals surface area contributed by atoms with Crippen molar-refractivity contribution in [1.82, 2.24) is 4.72 Å². The summed E-state index contributed by atoms with van der Waals surface area (Å²) in [4.78, 5) is 10.1. The fourth-order valence-corrected chi connectivity index (χ4v) is 2.39. The second-order valence-electron chi connectivity index (χ2n) is 4.12. The molecular formula is C11H12F3NO5S. The first-order valence-electron chi connectivity index (χ1n) is 5.57. The maximum atomic E-state index is 12.1. The van der Waals surface area contributed by atoms with Crippen molar-refractivity contribution in [3.8, 4) is 0 Å². The SMILES string of the molecule is O=C(O)Cc1ccc(S(=O)(=O)NCC(O)C(F)(F)F)cc1. The number of halogens is 3. The number of nitrogens with one attached hydrogen (secondary N) is 1. The third kappa shape index (κ3) is 5.33. The molecule has 10 heteroatoms. The molecule has 21 heavy (non-hydrogen) atoms. The lowest BCUT2D eigenvalue weighted by Gasteiger charge is -2.15. The van der Waals surface area contributed by atoms with Crippen LogP contribution in [-0.4, -0.2) is 43.4 Å². The topological polar surface area (TPSA) is 104 Å². The van der Waals surface area contributed by atoms with Gasteiger partial charge in [0.15, 0.2) is 6.10 Å². The number of hydrogen-bond donors (Lipinski definition) is 3. The molecular weight excluding hydrogens is 315 g/mol. The van der Waals surface area contributed by atoms with Crippen LogP contribution in [0.1, 0.15) is 5.56 Å². The van der Waals surface area contributed by atoms with Crippen LogP contribution in [0.2, 0.25) is 0 Å². The molecule has 0 radical (unpaired) electrons. The van der Waals surface area contributed by atoms with E-state index in [0.29, 0.717) is 5.56 Å². The highest BCUT2D eigenvalue weighted by molar-refractivity contribution is 7.89. The lowest BCUT2D eigenvalue weighted by Crippen LogP contribution is -2.40. The van der Waals surface area contributed by atoms with Crippen molar-refractivity contribution < 1.29 is 36.6 Å². The number of aliphatic hydroxyl groups is 1. The van der Waals surface area contributed by atoms with Crippen molar-refractivity contribution in [1.29, 1.82) is 0 Å². The molecule has 118 valence electrons. The minimum atomic E-state index is -4.92. The third-order valence-electron chi connectivity index (χ3n) is 2.43. The van der Waals surface area contributed by atoms with Crippen LogP contribution in [0.4, 0.5) is 13.2 Å². The van der Waals surface area contributed by atoms with E-state index in [0.717, 1.165) is 12.1 Å². The first-order chi connectivity index (χ1) is 9.52. The second kappa shape index (κ2) is 6.41. The predicted octanol–water partition coefficient (Wildman–Crippen LogP) is 0.515. The van der Waals surface area contributed by atoms with Crippen molar-refractivity contribution >= 4 is 16.0 Å². The van der Waals surface area contributed by atoms with Crippen molar-refractivity contribution in [2.24, 2.45) is 0 Å². The average Bonchev–Trinajstić information content (AvgIpc) is 2.34. The van der Waals surface area contributed by atoms with Crippen molar-refractivity contribution in [3.05, 3.63) is 29.8 Å². The molecule has 3 N–H and O–H groups in total.